The summed E-state index contributed by atoms with van der Waals surface area (Å²) in [6, 6.07) is 0.843. The van der Waals surface area contributed by atoms with Crippen molar-refractivity contribution in [2.45, 2.75) is 63.8 Å². The Hall–Kier alpha value is 0.140. The summed E-state index contributed by atoms with van der Waals surface area (Å²) in [6.45, 7) is 3.56. The highest BCUT2D eigenvalue weighted by Crippen LogP contribution is 2.45. The molecule has 3 atom stereocenters. The molecule has 0 aliphatic heterocycles. The number of halogens is 1. The van der Waals surface area contributed by atoms with Gasteiger partial charge in [-0.15, -0.1) is 0 Å². The molecule has 2 fully saturated rings. The van der Waals surface area contributed by atoms with Gasteiger partial charge in [0.1, 0.15) is 0 Å². The van der Waals surface area contributed by atoms with Crippen LogP contribution in [0.1, 0.15) is 63.4 Å². The van der Waals surface area contributed by atoms with E-state index >= 15 is 0 Å². The molecule has 1 nitrogen and oxygen atoms in total. The predicted molar refractivity (Wildman–Crippen MR) is 91.5 cm³/mol. The first-order valence-electron chi connectivity index (χ1n) is 8.23. The van der Waals surface area contributed by atoms with Crippen molar-refractivity contribution < 1.29 is 0 Å². The average Bonchev–Trinajstić information content (AvgIpc) is 3.18. The molecule has 0 spiro atoms. The Morgan fingerprint density at radius 3 is 2.75 bits per heavy atom. The largest absolute Gasteiger partial charge is 0.314 e. The van der Waals surface area contributed by atoms with Gasteiger partial charge in [-0.3, -0.25) is 0 Å². The third-order valence-electron chi connectivity index (χ3n) is 5.09. The van der Waals surface area contributed by atoms with Gasteiger partial charge in [-0.1, -0.05) is 26.2 Å². The zero-order valence-corrected chi connectivity index (χ0v) is 14.8. The first-order chi connectivity index (χ1) is 9.78. The Kier molecular flexibility index (Phi) is 5.22. The molecule has 0 aromatic carbocycles. The maximum atomic E-state index is 3.77. The zero-order valence-electron chi connectivity index (χ0n) is 12.4. The van der Waals surface area contributed by atoms with E-state index in [9.17, 15) is 0 Å². The lowest BCUT2D eigenvalue weighted by molar-refractivity contribution is 0.220. The van der Waals surface area contributed by atoms with Crippen LogP contribution in [0.4, 0.5) is 0 Å². The zero-order chi connectivity index (χ0) is 13.9. The Bertz CT molecular complexity index is 426. The van der Waals surface area contributed by atoms with Crippen LogP contribution in [0.2, 0.25) is 0 Å². The molecule has 2 aliphatic rings. The van der Waals surface area contributed by atoms with Gasteiger partial charge in [0, 0.05) is 15.9 Å². The molecular formula is C17H26BrNS. The van der Waals surface area contributed by atoms with E-state index in [0.29, 0.717) is 0 Å². The molecule has 1 N–H and O–H groups in total. The SMILES string of the molecule is CCCC1CCC(CNC2CC2)C(c2cscc2Br)C1. The number of hydrogen-bond acceptors (Lipinski definition) is 2. The van der Waals surface area contributed by atoms with Crippen LogP contribution in [-0.2, 0) is 0 Å². The van der Waals surface area contributed by atoms with E-state index in [-0.39, 0.29) is 0 Å². The van der Waals surface area contributed by atoms with Crippen LogP contribution in [0, 0.1) is 11.8 Å². The predicted octanol–water partition coefficient (Wildman–Crippen LogP) is 5.56. The van der Waals surface area contributed by atoms with Gasteiger partial charge in [0.25, 0.3) is 0 Å². The fourth-order valence-corrected chi connectivity index (χ4v) is 5.43. The average molecular weight is 356 g/mol. The van der Waals surface area contributed by atoms with Crippen molar-refractivity contribution in [2.75, 3.05) is 6.54 Å². The topological polar surface area (TPSA) is 12.0 Å². The first kappa shape index (κ1) is 15.1. The highest BCUT2D eigenvalue weighted by Gasteiger charge is 2.33. The van der Waals surface area contributed by atoms with Crippen LogP contribution in [0.5, 0.6) is 0 Å². The van der Waals surface area contributed by atoms with E-state index in [1.165, 1.54) is 56.0 Å². The molecule has 20 heavy (non-hydrogen) atoms. The van der Waals surface area contributed by atoms with Crippen molar-refractivity contribution in [3.05, 3.63) is 20.8 Å². The number of hydrogen-bond donors (Lipinski definition) is 1. The minimum atomic E-state index is 0.771. The van der Waals surface area contributed by atoms with Gasteiger partial charge in [0.15, 0.2) is 0 Å². The minimum Gasteiger partial charge on any atom is -0.314 e. The van der Waals surface area contributed by atoms with E-state index in [1.807, 2.05) is 11.3 Å². The van der Waals surface area contributed by atoms with Gasteiger partial charge >= 0.3 is 0 Å². The van der Waals surface area contributed by atoms with Crippen molar-refractivity contribution in [3.8, 4) is 0 Å². The molecule has 0 saturated heterocycles. The number of thiophene rings is 1. The standard InChI is InChI=1S/C17H26BrNS/c1-2-3-12-4-5-13(9-19-14-6-7-14)15(8-12)16-10-20-11-17(16)18/h10-15,19H,2-9H2,1H3. The second-order valence-corrected chi connectivity index (χ2v) is 8.29. The highest BCUT2D eigenvalue weighted by atomic mass is 79.9. The maximum absolute atomic E-state index is 3.77. The molecule has 2 aliphatic carbocycles. The monoisotopic (exact) mass is 355 g/mol. The Morgan fingerprint density at radius 1 is 1.25 bits per heavy atom. The summed E-state index contributed by atoms with van der Waals surface area (Å²) >= 11 is 5.62. The molecular weight excluding hydrogens is 330 g/mol. The first-order valence-corrected chi connectivity index (χ1v) is 9.96. The van der Waals surface area contributed by atoms with Crippen molar-refractivity contribution >= 4 is 27.3 Å². The molecule has 3 unspecified atom stereocenters. The quantitative estimate of drug-likeness (QED) is 0.703. The Morgan fingerprint density at radius 2 is 2.10 bits per heavy atom. The molecule has 0 radical (unpaired) electrons. The van der Waals surface area contributed by atoms with E-state index in [4.69, 9.17) is 0 Å². The van der Waals surface area contributed by atoms with Crippen LogP contribution in [0.15, 0.2) is 15.2 Å². The fraction of sp³-hybridized carbons (Fsp3) is 0.765. The third-order valence-corrected chi connectivity index (χ3v) is 6.84. The molecule has 112 valence electrons. The lowest BCUT2D eigenvalue weighted by Gasteiger charge is -2.36. The van der Waals surface area contributed by atoms with E-state index in [2.05, 4.69) is 38.9 Å². The van der Waals surface area contributed by atoms with E-state index < -0.39 is 0 Å². The second kappa shape index (κ2) is 6.93. The highest BCUT2D eigenvalue weighted by molar-refractivity contribution is 9.10. The van der Waals surface area contributed by atoms with Gasteiger partial charge in [-0.25, -0.2) is 0 Å². The lowest BCUT2D eigenvalue weighted by Crippen LogP contribution is -2.33. The van der Waals surface area contributed by atoms with Gasteiger partial charge in [-0.2, -0.15) is 11.3 Å². The smallest absolute Gasteiger partial charge is 0.0317 e. The molecule has 1 heterocycles. The van der Waals surface area contributed by atoms with Gasteiger partial charge in [0.2, 0.25) is 0 Å². The summed E-state index contributed by atoms with van der Waals surface area (Å²) in [4.78, 5) is 0. The molecule has 1 aromatic heterocycles. The summed E-state index contributed by atoms with van der Waals surface area (Å²) in [7, 11) is 0. The van der Waals surface area contributed by atoms with Gasteiger partial charge < -0.3 is 5.32 Å². The van der Waals surface area contributed by atoms with Crippen LogP contribution < -0.4 is 5.32 Å². The van der Waals surface area contributed by atoms with Gasteiger partial charge in [-0.05, 0) is 76.9 Å². The van der Waals surface area contributed by atoms with Crippen molar-refractivity contribution in [2.24, 2.45) is 11.8 Å². The molecule has 3 heteroatoms. The molecule has 2 saturated carbocycles. The number of nitrogens with one attached hydrogen (secondary N) is 1. The van der Waals surface area contributed by atoms with E-state index in [1.54, 1.807) is 5.56 Å². The maximum Gasteiger partial charge on any atom is 0.0317 e. The van der Waals surface area contributed by atoms with Crippen molar-refractivity contribution in [1.29, 1.82) is 0 Å². The van der Waals surface area contributed by atoms with Crippen LogP contribution in [0.25, 0.3) is 0 Å². The summed E-state index contributed by atoms with van der Waals surface area (Å²) in [5.41, 5.74) is 1.58. The molecule has 0 amide bonds. The van der Waals surface area contributed by atoms with E-state index in [0.717, 1.165) is 23.8 Å². The van der Waals surface area contributed by atoms with Crippen LogP contribution >= 0.6 is 27.3 Å². The summed E-state index contributed by atoms with van der Waals surface area (Å²) in [6.07, 6.45) is 9.82. The molecule has 0 bridgehead atoms. The minimum absolute atomic E-state index is 0.771. The second-order valence-electron chi connectivity index (χ2n) is 6.69. The molecule has 1 aromatic rings. The summed E-state index contributed by atoms with van der Waals surface area (Å²) < 4.78 is 1.35. The fourth-order valence-electron chi connectivity index (χ4n) is 3.78. The summed E-state index contributed by atoms with van der Waals surface area (Å²) in [5, 5.41) is 8.41. The van der Waals surface area contributed by atoms with Crippen molar-refractivity contribution in [3.63, 3.8) is 0 Å². The normalized spacial score (nSPS) is 30.6. The number of rotatable bonds is 6. The molecule has 3 rings (SSSR count). The van der Waals surface area contributed by atoms with Crippen LogP contribution in [-0.4, -0.2) is 12.6 Å². The van der Waals surface area contributed by atoms with Crippen molar-refractivity contribution in [1.82, 2.24) is 5.32 Å². The summed E-state index contributed by atoms with van der Waals surface area (Å²) in [5.74, 6) is 2.57. The lowest BCUT2D eigenvalue weighted by atomic mass is 9.70. The van der Waals surface area contributed by atoms with Gasteiger partial charge in [0.05, 0.1) is 0 Å². The third kappa shape index (κ3) is 3.66. The Labute approximate surface area is 135 Å². The van der Waals surface area contributed by atoms with Crippen LogP contribution in [0.3, 0.4) is 0 Å². The Balaban J connectivity index is 1.68.